The smallest absolute Gasteiger partial charge is 0.0712 e. The van der Waals surface area contributed by atoms with Crippen molar-refractivity contribution in [2.45, 2.75) is 10.2 Å². The van der Waals surface area contributed by atoms with Gasteiger partial charge in [0.1, 0.15) is 0 Å². The summed E-state index contributed by atoms with van der Waals surface area (Å²) < 4.78 is 0.232. The molecule has 0 atom stereocenters. The van der Waals surface area contributed by atoms with E-state index in [1.54, 1.807) is 0 Å². The molecule has 0 saturated heterocycles. The monoisotopic (exact) mass is 338 g/mol. The lowest BCUT2D eigenvalue weighted by atomic mass is 10.0. The number of hydrogen-bond acceptors (Lipinski definition) is 0. The fourth-order valence-corrected chi connectivity index (χ4v) is 2.24. The van der Waals surface area contributed by atoms with Gasteiger partial charge in [0.15, 0.2) is 0 Å². The van der Waals surface area contributed by atoms with E-state index >= 15 is 0 Å². The van der Waals surface area contributed by atoms with E-state index in [9.17, 15) is 0 Å². The average Bonchev–Trinajstić information content (AvgIpc) is 2.30. The largest absolute Gasteiger partial charge is 0.0946 e. The molecule has 0 amide bonds. The van der Waals surface area contributed by atoms with Gasteiger partial charge in [0, 0.05) is 0 Å². The summed E-state index contributed by atoms with van der Waals surface area (Å²) in [6.07, 6.45) is 0.987. The van der Waals surface area contributed by atoms with Crippen molar-refractivity contribution < 1.29 is 0 Å². The molecule has 82 valence electrons. The summed E-state index contributed by atoms with van der Waals surface area (Å²) in [4.78, 5) is 0. The van der Waals surface area contributed by atoms with Crippen LogP contribution >= 0.6 is 31.9 Å². The van der Waals surface area contributed by atoms with E-state index in [4.69, 9.17) is 0 Å². The predicted octanol–water partition coefficient (Wildman–Crippen LogP) is 5.07. The molecular formula is C14H12Br2. The summed E-state index contributed by atoms with van der Waals surface area (Å²) in [6, 6.07) is 19.1. The fourth-order valence-electron chi connectivity index (χ4n) is 1.67. The first kappa shape index (κ1) is 11.9. The minimum absolute atomic E-state index is 0.232. The van der Waals surface area contributed by atoms with Crippen LogP contribution in [-0.2, 0) is 6.42 Å². The van der Waals surface area contributed by atoms with Crippen molar-refractivity contribution in [2.75, 3.05) is 0 Å². The van der Waals surface area contributed by atoms with E-state index in [1.165, 1.54) is 16.7 Å². The number of halogens is 2. The molecule has 2 aromatic rings. The van der Waals surface area contributed by atoms with E-state index in [1.807, 2.05) is 6.07 Å². The Balaban J connectivity index is 2.19. The van der Waals surface area contributed by atoms with Crippen molar-refractivity contribution in [1.29, 1.82) is 0 Å². The van der Waals surface area contributed by atoms with Gasteiger partial charge in [-0.2, -0.15) is 0 Å². The highest BCUT2D eigenvalue weighted by atomic mass is 79.9. The molecule has 0 aliphatic heterocycles. The molecule has 0 unspecified atom stereocenters. The highest BCUT2D eigenvalue weighted by Gasteiger charge is 2.03. The first-order chi connectivity index (χ1) is 7.75. The Morgan fingerprint density at radius 3 is 2.19 bits per heavy atom. The first-order valence-corrected chi connectivity index (χ1v) is 7.00. The molecule has 0 N–H and O–H groups in total. The lowest BCUT2D eigenvalue weighted by Gasteiger charge is -2.06. The van der Waals surface area contributed by atoms with Gasteiger partial charge in [-0.1, -0.05) is 86.5 Å². The molecule has 2 aromatic carbocycles. The summed E-state index contributed by atoms with van der Waals surface area (Å²) in [5.74, 6) is 0. The van der Waals surface area contributed by atoms with Crippen LogP contribution in [0.4, 0.5) is 0 Å². The summed E-state index contributed by atoms with van der Waals surface area (Å²) in [5.41, 5.74) is 3.95. The van der Waals surface area contributed by atoms with Crippen LogP contribution in [0.2, 0.25) is 0 Å². The van der Waals surface area contributed by atoms with Crippen molar-refractivity contribution in [2.24, 2.45) is 0 Å². The summed E-state index contributed by atoms with van der Waals surface area (Å²) in [6.45, 7) is 0. The third kappa shape index (κ3) is 3.19. The molecule has 2 rings (SSSR count). The number of benzene rings is 2. The molecule has 16 heavy (non-hydrogen) atoms. The molecule has 0 bridgehead atoms. The van der Waals surface area contributed by atoms with Crippen LogP contribution < -0.4 is 0 Å². The van der Waals surface area contributed by atoms with Crippen molar-refractivity contribution >= 4 is 31.9 Å². The van der Waals surface area contributed by atoms with Crippen LogP contribution in [0.15, 0.2) is 54.6 Å². The minimum Gasteiger partial charge on any atom is -0.0712 e. The Morgan fingerprint density at radius 1 is 0.812 bits per heavy atom. The second-order valence-electron chi connectivity index (χ2n) is 3.71. The maximum absolute atomic E-state index is 3.52. The highest BCUT2D eigenvalue weighted by Crippen LogP contribution is 2.29. The molecule has 0 heterocycles. The number of alkyl halides is 2. The van der Waals surface area contributed by atoms with Gasteiger partial charge >= 0.3 is 0 Å². The zero-order valence-electron chi connectivity index (χ0n) is 8.74. The normalized spacial score (nSPS) is 10.7. The third-order valence-electron chi connectivity index (χ3n) is 2.45. The first-order valence-electron chi connectivity index (χ1n) is 5.16. The van der Waals surface area contributed by atoms with Gasteiger partial charge < -0.3 is 0 Å². The zero-order chi connectivity index (χ0) is 11.4. The van der Waals surface area contributed by atoms with E-state index in [0.29, 0.717) is 0 Å². The fraction of sp³-hybridized carbons (Fsp3) is 0.143. The molecule has 0 nitrogen and oxygen atoms in total. The molecule has 0 saturated carbocycles. The van der Waals surface area contributed by atoms with Crippen molar-refractivity contribution in [3.8, 4) is 0 Å². The molecule has 0 aliphatic carbocycles. The van der Waals surface area contributed by atoms with Crippen LogP contribution in [0.25, 0.3) is 0 Å². The molecular weight excluding hydrogens is 328 g/mol. The molecule has 0 spiro atoms. The molecule has 0 aliphatic rings. The SMILES string of the molecule is BrC(Br)c1cccc(Cc2ccccc2)c1. The summed E-state index contributed by atoms with van der Waals surface area (Å²) in [7, 11) is 0. The van der Waals surface area contributed by atoms with E-state index in [0.717, 1.165) is 6.42 Å². The predicted molar refractivity (Wildman–Crippen MR) is 76.3 cm³/mol. The van der Waals surface area contributed by atoms with Crippen molar-refractivity contribution in [3.05, 3.63) is 71.3 Å². The molecule has 0 aromatic heterocycles. The average molecular weight is 340 g/mol. The minimum atomic E-state index is 0.232. The zero-order valence-corrected chi connectivity index (χ0v) is 11.9. The lowest BCUT2D eigenvalue weighted by Crippen LogP contribution is -1.89. The van der Waals surface area contributed by atoms with Crippen LogP contribution in [0, 0.1) is 0 Å². The summed E-state index contributed by atoms with van der Waals surface area (Å²) in [5, 5.41) is 0. The van der Waals surface area contributed by atoms with Crippen LogP contribution in [-0.4, -0.2) is 0 Å². The van der Waals surface area contributed by atoms with E-state index in [-0.39, 0.29) is 3.74 Å². The lowest BCUT2D eigenvalue weighted by molar-refractivity contribution is 1.18. The highest BCUT2D eigenvalue weighted by molar-refractivity contribution is 9.24. The van der Waals surface area contributed by atoms with Gasteiger partial charge in [-0.05, 0) is 23.1 Å². The van der Waals surface area contributed by atoms with Gasteiger partial charge in [-0.25, -0.2) is 0 Å². The molecule has 0 fully saturated rings. The maximum atomic E-state index is 3.52. The quantitative estimate of drug-likeness (QED) is 0.685. The third-order valence-corrected chi connectivity index (χ3v) is 3.51. The van der Waals surface area contributed by atoms with E-state index < -0.39 is 0 Å². The van der Waals surface area contributed by atoms with Crippen molar-refractivity contribution in [3.63, 3.8) is 0 Å². The van der Waals surface area contributed by atoms with Crippen LogP contribution in [0.3, 0.4) is 0 Å². The number of hydrogen-bond donors (Lipinski definition) is 0. The maximum Gasteiger partial charge on any atom is 0.0946 e. The summed E-state index contributed by atoms with van der Waals surface area (Å²) >= 11 is 7.04. The van der Waals surface area contributed by atoms with Gasteiger partial charge in [0.25, 0.3) is 0 Å². The standard InChI is InChI=1S/C14H12Br2/c15-14(16)13-8-4-7-12(10-13)9-11-5-2-1-3-6-11/h1-8,10,14H,9H2. The molecule has 2 heteroatoms. The van der Waals surface area contributed by atoms with E-state index in [2.05, 4.69) is 80.4 Å². The van der Waals surface area contributed by atoms with Crippen LogP contribution in [0.1, 0.15) is 20.4 Å². The van der Waals surface area contributed by atoms with Crippen molar-refractivity contribution in [1.82, 2.24) is 0 Å². The second-order valence-corrected chi connectivity index (χ2v) is 6.77. The van der Waals surface area contributed by atoms with Gasteiger partial charge in [0.05, 0.1) is 3.74 Å². The second kappa shape index (κ2) is 5.65. The number of rotatable bonds is 3. The Morgan fingerprint density at radius 2 is 1.50 bits per heavy atom. The van der Waals surface area contributed by atoms with Crippen LogP contribution in [0.5, 0.6) is 0 Å². The Bertz CT molecular complexity index is 449. The Hall–Kier alpha value is -0.600. The topological polar surface area (TPSA) is 0 Å². The van der Waals surface area contributed by atoms with Gasteiger partial charge in [0.2, 0.25) is 0 Å². The molecule has 0 radical (unpaired) electrons. The Labute approximate surface area is 113 Å². The van der Waals surface area contributed by atoms with Gasteiger partial charge in [-0.15, -0.1) is 0 Å². The Kier molecular flexibility index (Phi) is 4.19. The van der Waals surface area contributed by atoms with Gasteiger partial charge in [-0.3, -0.25) is 0 Å².